The van der Waals surface area contributed by atoms with Crippen LogP contribution in [0.1, 0.15) is 31.1 Å². The third-order valence-electron chi connectivity index (χ3n) is 6.15. The third kappa shape index (κ3) is 3.00. The second-order valence-electron chi connectivity index (χ2n) is 7.91. The predicted molar refractivity (Wildman–Crippen MR) is 106 cm³/mol. The third-order valence-corrected chi connectivity index (χ3v) is 6.45. The molecule has 1 aliphatic rings. The van der Waals surface area contributed by atoms with E-state index in [2.05, 4.69) is 0 Å². The molecule has 0 radical (unpaired) electrons. The molecular formula is C21H21ClF2N2O3. The zero-order valence-corrected chi connectivity index (χ0v) is 16.3. The molecule has 0 aliphatic heterocycles. The van der Waals surface area contributed by atoms with Crippen molar-refractivity contribution in [2.75, 3.05) is 5.73 Å². The fraction of sp³-hybridized carbons (Fsp3) is 0.333. The van der Waals surface area contributed by atoms with Crippen molar-refractivity contribution in [2.24, 2.45) is 5.41 Å². The molecule has 8 heteroatoms. The number of aliphatic hydroxyl groups is 3. The van der Waals surface area contributed by atoms with Gasteiger partial charge in [0.2, 0.25) is 0 Å². The lowest BCUT2D eigenvalue weighted by Crippen LogP contribution is -2.38. The highest BCUT2D eigenvalue weighted by Crippen LogP contribution is 2.52. The molecule has 1 heterocycles. The molecule has 3 aromatic rings. The number of hydrogen-bond donors (Lipinski definition) is 4. The minimum absolute atomic E-state index is 0.0807. The Labute approximate surface area is 170 Å². The van der Waals surface area contributed by atoms with Crippen molar-refractivity contribution in [3.63, 3.8) is 0 Å². The van der Waals surface area contributed by atoms with Crippen molar-refractivity contribution >= 4 is 28.2 Å². The van der Waals surface area contributed by atoms with Crippen LogP contribution in [0.15, 0.2) is 42.6 Å². The lowest BCUT2D eigenvalue weighted by Gasteiger charge is -2.34. The molecule has 29 heavy (non-hydrogen) atoms. The summed E-state index contributed by atoms with van der Waals surface area (Å²) < 4.78 is 29.9. The van der Waals surface area contributed by atoms with E-state index in [0.717, 1.165) is 6.07 Å². The minimum atomic E-state index is -1.33. The number of hydrogen-bond acceptors (Lipinski definition) is 4. The van der Waals surface area contributed by atoms with Gasteiger partial charge in [-0.05, 0) is 42.3 Å². The minimum Gasteiger partial charge on any atom is -0.398 e. The van der Waals surface area contributed by atoms with Crippen molar-refractivity contribution in [3.05, 3.63) is 64.8 Å². The Morgan fingerprint density at radius 3 is 2.59 bits per heavy atom. The Morgan fingerprint density at radius 2 is 1.90 bits per heavy atom. The van der Waals surface area contributed by atoms with Gasteiger partial charge in [-0.25, -0.2) is 8.78 Å². The van der Waals surface area contributed by atoms with Crippen LogP contribution in [0.4, 0.5) is 14.5 Å². The van der Waals surface area contributed by atoms with Gasteiger partial charge < -0.3 is 25.6 Å². The number of aliphatic hydroxyl groups excluding tert-OH is 3. The number of benzene rings is 2. The maximum atomic E-state index is 14.5. The molecule has 154 valence electrons. The summed E-state index contributed by atoms with van der Waals surface area (Å²) in [5, 5.41) is 32.9. The monoisotopic (exact) mass is 422 g/mol. The lowest BCUT2D eigenvalue weighted by molar-refractivity contribution is -0.0765. The second kappa shape index (κ2) is 6.95. The van der Waals surface area contributed by atoms with Crippen LogP contribution in [-0.2, 0) is 0 Å². The summed E-state index contributed by atoms with van der Waals surface area (Å²) in [6.07, 6.45) is -2.16. The maximum absolute atomic E-state index is 14.5. The standard InChI is InChI=1S/C21H21ClF2N2O3/c1-21(19(28)10-2-3-12(22)14(24)8-10)9-16(18(27)20(21)29)26-7-6-11-15(25)5-4-13(23)17(11)26/h2-8,16,18-20,27-29H,9,25H2,1H3/t16-,18+,19?,20+,21-/m1/s1. The average Bonchev–Trinajstić information content (AvgIpc) is 3.23. The van der Waals surface area contributed by atoms with Gasteiger partial charge in [0.05, 0.1) is 28.8 Å². The lowest BCUT2D eigenvalue weighted by atomic mass is 9.77. The molecule has 1 saturated carbocycles. The van der Waals surface area contributed by atoms with E-state index in [1.807, 2.05) is 0 Å². The van der Waals surface area contributed by atoms with Crippen molar-refractivity contribution in [2.45, 2.75) is 37.7 Å². The quantitative estimate of drug-likeness (QED) is 0.486. The van der Waals surface area contributed by atoms with Gasteiger partial charge in [-0.3, -0.25) is 0 Å². The molecule has 0 amide bonds. The molecule has 0 bridgehead atoms. The number of fused-ring (bicyclic) bond motifs is 1. The number of nitrogens with zero attached hydrogens (tertiary/aromatic N) is 1. The Kier molecular flexibility index (Phi) is 4.82. The first-order valence-corrected chi connectivity index (χ1v) is 9.56. The van der Waals surface area contributed by atoms with E-state index in [1.54, 1.807) is 19.2 Å². The molecule has 1 aliphatic carbocycles. The summed E-state index contributed by atoms with van der Waals surface area (Å²) in [5.74, 6) is -1.19. The fourth-order valence-electron chi connectivity index (χ4n) is 4.43. The van der Waals surface area contributed by atoms with Crippen LogP contribution in [0.25, 0.3) is 10.9 Å². The summed E-state index contributed by atoms with van der Waals surface area (Å²) in [5.41, 5.74) is 5.56. The van der Waals surface area contributed by atoms with Crippen molar-refractivity contribution < 1.29 is 24.1 Å². The first-order valence-electron chi connectivity index (χ1n) is 9.19. The van der Waals surface area contributed by atoms with E-state index in [0.29, 0.717) is 11.1 Å². The number of aromatic nitrogens is 1. The Morgan fingerprint density at radius 1 is 1.17 bits per heavy atom. The van der Waals surface area contributed by atoms with Crippen LogP contribution in [-0.4, -0.2) is 32.1 Å². The largest absolute Gasteiger partial charge is 0.398 e. The van der Waals surface area contributed by atoms with Crippen LogP contribution >= 0.6 is 11.6 Å². The van der Waals surface area contributed by atoms with Gasteiger partial charge in [-0.15, -0.1) is 0 Å². The maximum Gasteiger partial charge on any atom is 0.147 e. The summed E-state index contributed by atoms with van der Waals surface area (Å²) in [6.45, 7) is 1.61. The molecular weight excluding hydrogens is 402 g/mol. The van der Waals surface area contributed by atoms with E-state index in [4.69, 9.17) is 17.3 Å². The van der Waals surface area contributed by atoms with Gasteiger partial charge in [-0.2, -0.15) is 0 Å². The molecule has 0 spiro atoms. The van der Waals surface area contributed by atoms with Crippen LogP contribution in [0, 0.1) is 17.0 Å². The second-order valence-corrected chi connectivity index (χ2v) is 8.32. The SMILES string of the molecule is C[C@]1(C(O)c2ccc(Cl)c(F)c2)C[C@@H](n2ccc3c(N)ccc(F)c32)[C@H](O)[C@@H]1O. The topological polar surface area (TPSA) is 91.6 Å². The highest BCUT2D eigenvalue weighted by Gasteiger charge is 2.54. The number of rotatable bonds is 3. The van der Waals surface area contributed by atoms with Gasteiger partial charge in [0, 0.05) is 22.7 Å². The first kappa shape index (κ1) is 20.1. The Bertz CT molecular complexity index is 1090. The van der Waals surface area contributed by atoms with Gasteiger partial charge >= 0.3 is 0 Å². The summed E-state index contributed by atoms with van der Waals surface area (Å²) >= 11 is 5.71. The number of nitrogen functional groups attached to an aromatic ring is 1. The number of halogens is 3. The fourth-order valence-corrected chi connectivity index (χ4v) is 4.55. The summed E-state index contributed by atoms with van der Waals surface area (Å²) in [7, 11) is 0. The Balaban J connectivity index is 1.74. The van der Waals surface area contributed by atoms with E-state index in [9.17, 15) is 24.1 Å². The van der Waals surface area contributed by atoms with Gasteiger partial charge in [0.1, 0.15) is 17.7 Å². The van der Waals surface area contributed by atoms with Crippen molar-refractivity contribution in [3.8, 4) is 0 Å². The molecule has 1 fully saturated rings. The smallest absolute Gasteiger partial charge is 0.147 e. The van der Waals surface area contributed by atoms with Crippen molar-refractivity contribution in [1.82, 2.24) is 4.57 Å². The molecule has 1 unspecified atom stereocenters. The number of anilines is 1. The highest BCUT2D eigenvalue weighted by molar-refractivity contribution is 6.30. The molecule has 1 aromatic heterocycles. The molecule has 0 saturated heterocycles. The zero-order valence-electron chi connectivity index (χ0n) is 15.6. The molecule has 5 nitrogen and oxygen atoms in total. The normalized spacial score (nSPS) is 28.2. The van der Waals surface area contributed by atoms with Gasteiger partial charge in [0.25, 0.3) is 0 Å². The highest BCUT2D eigenvalue weighted by atomic mass is 35.5. The van der Waals surface area contributed by atoms with Crippen LogP contribution < -0.4 is 5.73 Å². The van der Waals surface area contributed by atoms with E-state index in [-0.39, 0.29) is 22.5 Å². The van der Waals surface area contributed by atoms with Crippen LogP contribution in [0.2, 0.25) is 5.02 Å². The van der Waals surface area contributed by atoms with E-state index in [1.165, 1.54) is 28.8 Å². The summed E-state index contributed by atoms with van der Waals surface area (Å²) in [4.78, 5) is 0. The van der Waals surface area contributed by atoms with Gasteiger partial charge in [-0.1, -0.05) is 24.6 Å². The van der Waals surface area contributed by atoms with E-state index < -0.39 is 41.4 Å². The molecule has 4 rings (SSSR count). The molecule has 5 N–H and O–H groups in total. The van der Waals surface area contributed by atoms with E-state index >= 15 is 0 Å². The van der Waals surface area contributed by atoms with Crippen LogP contribution in [0.5, 0.6) is 0 Å². The molecule has 2 aromatic carbocycles. The van der Waals surface area contributed by atoms with Gasteiger partial charge in [0.15, 0.2) is 0 Å². The number of nitrogens with two attached hydrogens (primary N) is 1. The zero-order chi connectivity index (χ0) is 21.1. The Hall–Kier alpha value is -2.19. The first-order chi connectivity index (χ1) is 13.6. The van der Waals surface area contributed by atoms with Crippen LogP contribution in [0.3, 0.4) is 0 Å². The molecule has 5 atom stereocenters. The predicted octanol–water partition coefficient (Wildman–Crippen LogP) is 3.56. The summed E-state index contributed by atoms with van der Waals surface area (Å²) in [6, 6.07) is 7.55. The van der Waals surface area contributed by atoms with Crippen molar-refractivity contribution in [1.29, 1.82) is 0 Å². The average molecular weight is 423 g/mol.